The minimum atomic E-state index is -0.581. The van der Waals surface area contributed by atoms with Gasteiger partial charge < -0.3 is 14.8 Å². The van der Waals surface area contributed by atoms with E-state index in [0.29, 0.717) is 5.00 Å². The van der Waals surface area contributed by atoms with Crippen molar-refractivity contribution in [1.29, 1.82) is 0 Å². The van der Waals surface area contributed by atoms with Crippen molar-refractivity contribution < 1.29 is 19.1 Å². The quantitative estimate of drug-likeness (QED) is 0.849. The molecule has 1 spiro atoms. The van der Waals surface area contributed by atoms with Crippen LogP contribution in [0.5, 0.6) is 0 Å². The highest BCUT2D eigenvalue weighted by molar-refractivity contribution is 7.14. The summed E-state index contributed by atoms with van der Waals surface area (Å²) in [7, 11) is 1.74. The van der Waals surface area contributed by atoms with Crippen LogP contribution in [0.4, 0.5) is 9.80 Å². The van der Waals surface area contributed by atoms with E-state index in [1.165, 1.54) is 23.3 Å². The normalized spacial score (nSPS) is 27.0. The average molecular weight is 353 g/mol. The molecule has 0 saturated heterocycles. The molecule has 1 aromatic rings. The lowest BCUT2D eigenvalue weighted by Crippen LogP contribution is -2.72. The number of rotatable bonds is 5. The van der Waals surface area contributed by atoms with Gasteiger partial charge in [0.05, 0.1) is 18.2 Å². The van der Waals surface area contributed by atoms with Gasteiger partial charge in [-0.25, -0.2) is 9.78 Å². The largest absolute Gasteiger partial charge is 0.450 e. The van der Waals surface area contributed by atoms with Crippen molar-refractivity contribution in [2.75, 3.05) is 19.0 Å². The van der Waals surface area contributed by atoms with Crippen LogP contribution < -0.4 is 10.6 Å². The topological polar surface area (TPSA) is 89.5 Å². The van der Waals surface area contributed by atoms with Gasteiger partial charge in [0.2, 0.25) is 0 Å². The zero-order chi connectivity index (χ0) is 17.3. The van der Waals surface area contributed by atoms with Crippen LogP contribution >= 0.6 is 11.3 Å². The zero-order valence-electron chi connectivity index (χ0n) is 14.1. The maximum atomic E-state index is 12.6. The minimum absolute atomic E-state index is 0.0641. The third-order valence-corrected chi connectivity index (χ3v) is 6.03. The molecule has 2 saturated carbocycles. The molecular weight excluding hydrogens is 330 g/mol. The van der Waals surface area contributed by atoms with Gasteiger partial charge in [-0.05, 0) is 19.8 Å². The maximum Gasteiger partial charge on any atom is 0.412 e. The van der Waals surface area contributed by atoms with Crippen molar-refractivity contribution in [3.8, 4) is 0 Å². The van der Waals surface area contributed by atoms with Crippen LogP contribution in [0.3, 0.4) is 0 Å². The third kappa shape index (κ3) is 2.67. The fraction of sp³-hybridized carbons (Fsp3) is 0.688. The van der Waals surface area contributed by atoms with Gasteiger partial charge in [-0.1, -0.05) is 13.3 Å². The number of carbonyl (C=O) groups is 2. The van der Waals surface area contributed by atoms with Crippen molar-refractivity contribution in [2.24, 2.45) is 11.3 Å². The molecule has 2 aliphatic carbocycles. The van der Waals surface area contributed by atoms with E-state index < -0.39 is 6.09 Å². The number of methoxy groups -OCH3 is 1. The molecule has 2 aliphatic rings. The molecule has 2 N–H and O–H groups in total. The fourth-order valence-electron chi connectivity index (χ4n) is 4.15. The number of hydrogen-bond donors (Lipinski definition) is 2. The summed E-state index contributed by atoms with van der Waals surface area (Å²) in [6, 6.07) is 0.0841. The number of hydrogen-bond acceptors (Lipinski definition) is 6. The molecule has 8 heteroatoms. The first kappa shape index (κ1) is 17.2. The molecule has 0 bridgehead atoms. The Balaban J connectivity index is 1.68. The van der Waals surface area contributed by atoms with Gasteiger partial charge >= 0.3 is 6.09 Å². The molecule has 2 fully saturated rings. The van der Waals surface area contributed by atoms with Crippen molar-refractivity contribution >= 4 is 28.3 Å². The molecule has 3 rings (SSSR count). The van der Waals surface area contributed by atoms with Gasteiger partial charge in [-0.2, -0.15) is 0 Å². The van der Waals surface area contributed by atoms with Gasteiger partial charge in [0.1, 0.15) is 5.00 Å². The van der Waals surface area contributed by atoms with Crippen molar-refractivity contribution in [2.45, 2.75) is 45.3 Å². The fourth-order valence-corrected chi connectivity index (χ4v) is 4.81. The zero-order valence-corrected chi connectivity index (χ0v) is 14.9. The summed E-state index contributed by atoms with van der Waals surface area (Å²) in [5, 5.41) is 6.08. The summed E-state index contributed by atoms with van der Waals surface area (Å²) in [5.74, 6) is 0.0000723. The van der Waals surface area contributed by atoms with E-state index in [4.69, 9.17) is 9.47 Å². The Labute approximate surface area is 145 Å². The Hall–Kier alpha value is -1.67. The second-order valence-electron chi connectivity index (χ2n) is 6.43. The number of carbonyl (C=O) groups excluding carboxylic acids is 2. The Kier molecular flexibility index (Phi) is 4.78. The lowest BCUT2D eigenvalue weighted by molar-refractivity contribution is -0.198. The van der Waals surface area contributed by atoms with Crippen LogP contribution in [0.15, 0.2) is 5.51 Å². The Morgan fingerprint density at radius 2 is 2.21 bits per heavy atom. The Bertz CT molecular complexity index is 629. The molecule has 0 aromatic carbocycles. The minimum Gasteiger partial charge on any atom is -0.450 e. The summed E-state index contributed by atoms with van der Waals surface area (Å²) < 4.78 is 10.5. The van der Waals surface area contributed by atoms with Crippen LogP contribution in [-0.4, -0.2) is 42.8 Å². The van der Waals surface area contributed by atoms with Crippen LogP contribution in [0.25, 0.3) is 0 Å². The number of aromatic nitrogens is 1. The molecule has 2 amide bonds. The van der Waals surface area contributed by atoms with E-state index in [1.54, 1.807) is 14.0 Å². The molecule has 0 aliphatic heterocycles. The lowest BCUT2D eigenvalue weighted by atomic mass is 9.46. The maximum absolute atomic E-state index is 12.6. The van der Waals surface area contributed by atoms with Gasteiger partial charge in [0, 0.05) is 24.5 Å². The molecule has 0 radical (unpaired) electrons. The van der Waals surface area contributed by atoms with Crippen LogP contribution in [0.1, 0.15) is 43.6 Å². The first-order valence-electron chi connectivity index (χ1n) is 8.24. The van der Waals surface area contributed by atoms with E-state index in [1.807, 2.05) is 0 Å². The number of nitrogens with one attached hydrogen (secondary N) is 2. The monoisotopic (exact) mass is 353 g/mol. The molecule has 24 heavy (non-hydrogen) atoms. The lowest BCUT2D eigenvalue weighted by Gasteiger charge is -2.64. The highest BCUT2D eigenvalue weighted by Crippen LogP contribution is 2.59. The molecule has 132 valence electrons. The standard InChI is InChI=1S/C16H23N3O4S/c1-4-23-15(21)19-14-10(17-8-24-14)13(20)18-11-9(2)12(22-3)16(11)6-5-7-16/h8-9,11-12H,4-7H2,1-3H3,(H,18,20)(H,19,21). The summed E-state index contributed by atoms with van der Waals surface area (Å²) in [5.41, 5.74) is 1.84. The second-order valence-corrected chi connectivity index (χ2v) is 7.28. The predicted molar refractivity (Wildman–Crippen MR) is 90.3 cm³/mol. The summed E-state index contributed by atoms with van der Waals surface area (Å²) >= 11 is 1.20. The van der Waals surface area contributed by atoms with E-state index in [9.17, 15) is 9.59 Å². The number of amides is 2. The van der Waals surface area contributed by atoms with Gasteiger partial charge in [0.25, 0.3) is 5.91 Å². The summed E-state index contributed by atoms with van der Waals surface area (Å²) in [6.07, 6.45) is 2.94. The van der Waals surface area contributed by atoms with Crippen molar-refractivity contribution in [3.63, 3.8) is 0 Å². The first-order chi connectivity index (χ1) is 11.5. The van der Waals surface area contributed by atoms with Gasteiger partial charge in [-0.15, -0.1) is 11.3 Å². The third-order valence-electron chi connectivity index (χ3n) is 5.29. The predicted octanol–water partition coefficient (Wildman–Crippen LogP) is 2.64. The van der Waals surface area contributed by atoms with Crippen molar-refractivity contribution in [1.82, 2.24) is 10.3 Å². The van der Waals surface area contributed by atoms with E-state index in [-0.39, 0.29) is 41.7 Å². The van der Waals surface area contributed by atoms with Crippen LogP contribution in [0.2, 0.25) is 0 Å². The highest BCUT2D eigenvalue weighted by Gasteiger charge is 2.63. The highest BCUT2D eigenvalue weighted by atomic mass is 32.1. The summed E-state index contributed by atoms with van der Waals surface area (Å²) in [4.78, 5) is 28.3. The second kappa shape index (κ2) is 6.68. The van der Waals surface area contributed by atoms with Gasteiger partial charge in [-0.3, -0.25) is 10.1 Å². The average Bonchev–Trinajstić information content (AvgIpc) is 2.95. The Morgan fingerprint density at radius 3 is 2.79 bits per heavy atom. The van der Waals surface area contributed by atoms with Crippen LogP contribution in [-0.2, 0) is 9.47 Å². The molecule has 1 heterocycles. The van der Waals surface area contributed by atoms with E-state index in [0.717, 1.165) is 12.8 Å². The van der Waals surface area contributed by atoms with Crippen LogP contribution in [0, 0.1) is 11.3 Å². The molecule has 7 nitrogen and oxygen atoms in total. The van der Waals surface area contributed by atoms with Crippen molar-refractivity contribution in [3.05, 3.63) is 11.2 Å². The molecule has 3 atom stereocenters. The smallest absolute Gasteiger partial charge is 0.412 e. The van der Waals surface area contributed by atoms with Gasteiger partial charge in [0.15, 0.2) is 5.69 Å². The summed E-state index contributed by atoms with van der Waals surface area (Å²) in [6.45, 7) is 4.09. The molecule has 1 aromatic heterocycles. The first-order valence-corrected chi connectivity index (χ1v) is 9.12. The number of anilines is 1. The number of thiazole rings is 1. The SMILES string of the molecule is CCOC(=O)Nc1scnc1C(=O)NC1C(C)C(OC)C12CCC2. The van der Waals surface area contributed by atoms with E-state index >= 15 is 0 Å². The number of ether oxygens (including phenoxy) is 2. The Morgan fingerprint density at radius 1 is 1.46 bits per heavy atom. The number of nitrogens with zero attached hydrogens (tertiary/aromatic N) is 1. The molecule has 3 unspecified atom stereocenters. The molecular formula is C16H23N3O4S. The van der Waals surface area contributed by atoms with E-state index in [2.05, 4.69) is 22.5 Å².